The SMILES string of the molecule is CC1(CN)CCCN1C(=O)NC1CC1. The Bertz CT molecular complexity index is 240. The lowest BCUT2D eigenvalue weighted by Gasteiger charge is -2.34. The first-order chi connectivity index (χ1) is 6.65. The van der Waals surface area contributed by atoms with Crippen molar-refractivity contribution in [3.63, 3.8) is 0 Å². The minimum atomic E-state index is -0.112. The molecule has 4 nitrogen and oxygen atoms in total. The Labute approximate surface area is 84.8 Å². The molecule has 0 aromatic rings. The van der Waals surface area contributed by atoms with E-state index in [1.54, 1.807) is 0 Å². The molecule has 3 N–H and O–H groups in total. The van der Waals surface area contributed by atoms with Gasteiger partial charge in [-0.25, -0.2) is 4.79 Å². The number of rotatable bonds is 2. The largest absolute Gasteiger partial charge is 0.335 e. The molecule has 1 heterocycles. The maximum absolute atomic E-state index is 11.8. The second-order valence-corrected chi connectivity index (χ2v) is 4.68. The summed E-state index contributed by atoms with van der Waals surface area (Å²) in [6.07, 6.45) is 4.38. The van der Waals surface area contributed by atoms with Crippen molar-refractivity contribution in [2.45, 2.75) is 44.2 Å². The molecule has 4 heteroatoms. The van der Waals surface area contributed by atoms with E-state index in [2.05, 4.69) is 12.2 Å². The molecular weight excluding hydrogens is 178 g/mol. The number of hydrogen-bond donors (Lipinski definition) is 2. The van der Waals surface area contributed by atoms with Crippen LogP contribution in [0.4, 0.5) is 4.79 Å². The smallest absolute Gasteiger partial charge is 0.318 e. The minimum Gasteiger partial charge on any atom is -0.335 e. The lowest BCUT2D eigenvalue weighted by atomic mass is 10.00. The van der Waals surface area contributed by atoms with Crippen LogP contribution in [0.5, 0.6) is 0 Å². The van der Waals surface area contributed by atoms with Gasteiger partial charge in [0.05, 0.1) is 5.54 Å². The lowest BCUT2D eigenvalue weighted by molar-refractivity contribution is 0.159. The van der Waals surface area contributed by atoms with Crippen LogP contribution in [0, 0.1) is 0 Å². The van der Waals surface area contributed by atoms with E-state index >= 15 is 0 Å². The molecule has 0 bridgehead atoms. The van der Waals surface area contributed by atoms with Gasteiger partial charge >= 0.3 is 6.03 Å². The van der Waals surface area contributed by atoms with Crippen LogP contribution in [0.15, 0.2) is 0 Å². The quantitative estimate of drug-likeness (QED) is 0.683. The van der Waals surface area contributed by atoms with Crippen LogP contribution in [0.3, 0.4) is 0 Å². The molecule has 0 aromatic heterocycles. The highest BCUT2D eigenvalue weighted by Crippen LogP contribution is 2.28. The molecule has 0 radical (unpaired) electrons. The number of amides is 2. The second kappa shape index (κ2) is 3.42. The van der Waals surface area contributed by atoms with Crippen LogP contribution in [0.1, 0.15) is 32.6 Å². The molecule has 1 saturated carbocycles. The topological polar surface area (TPSA) is 58.4 Å². The van der Waals surface area contributed by atoms with E-state index in [0.29, 0.717) is 12.6 Å². The number of urea groups is 1. The minimum absolute atomic E-state index is 0.0814. The molecule has 2 rings (SSSR count). The summed E-state index contributed by atoms with van der Waals surface area (Å²) in [5.74, 6) is 0. The summed E-state index contributed by atoms with van der Waals surface area (Å²) in [7, 11) is 0. The summed E-state index contributed by atoms with van der Waals surface area (Å²) in [4.78, 5) is 13.7. The molecule has 1 aliphatic carbocycles. The van der Waals surface area contributed by atoms with Crippen molar-refractivity contribution in [1.29, 1.82) is 0 Å². The number of hydrogen-bond acceptors (Lipinski definition) is 2. The van der Waals surface area contributed by atoms with Crippen molar-refractivity contribution < 1.29 is 4.79 Å². The van der Waals surface area contributed by atoms with Gasteiger partial charge in [0.25, 0.3) is 0 Å². The molecule has 0 spiro atoms. The summed E-state index contributed by atoms with van der Waals surface area (Å²) in [5.41, 5.74) is 5.61. The van der Waals surface area contributed by atoms with Gasteiger partial charge in [-0.2, -0.15) is 0 Å². The van der Waals surface area contributed by atoms with Crippen molar-refractivity contribution >= 4 is 6.03 Å². The Morgan fingerprint density at radius 3 is 2.93 bits per heavy atom. The summed E-state index contributed by atoms with van der Waals surface area (Å²) in [6, 6.07) is 0.517. The Morgan fingerprint density at radius 2 is 2.36 bits per heavy atom. The average molecular weight is 197 g/mol. The number of nitrogens with zero attached hydrogens (tertiary/aromatic N) is 1. The lowest BCUT2D eigenvalue weighted by Crippen LogP contribution is -2.53. The fraction of sp³-hybridized carbons (Fsp3) is 0.900. The standard InChI is InChI=1S/C10H19N3O/c1-10(7-11)5-2-6-13(10)9(14)12-8-3-4-8/h8H,2-7,11H2,1H3,(H,12,14). The van der Waals surface area contributed by atoms with Crippen molar-refractivity contribution in [3.8, 4) is 0 Å². The first kappa shape index (κ1) is 9.77. The van der Waals surface area contributed by atoms with Gasteiger partial charge in [-0.1, -0.05) is 0 Å². The van der Waals surface area contributed by atoms with Gasteiger partial charge in [-0.15, -0.1) is 0 Å². The third-order valence-electron chi connectivity index (χ3n) is 3.34. The molecule has 1 aliphatic heterocycles. The Kier molecular flexibility index (Phi) is 2.39. The summed E-state index contributed by atoms with van der Waals surface area (Å²) in [5, 5.41) is 3.02. The highest BCUT2D eigenvalue weighted by molar-refractivity contribution is 5.76. The monoisotopic (exact) mass is 197 g/mol. The van der Waals surface area contributed by atoms with Crippen molar-refractivity contribution in [1.82, 2.24) is 10.2 Å². The Balaban J connectivity index is 1.97. The van der Waals surface area contributed by atoms with E-state index in [1.165, 1.54) is 0 Å². The predicted molar refractivity (Wildman–Crippen MR) is 55.0 cm³/mol. The van der Waals surface area contributed by atoms with Crippen molar-refractivity contribution in [2.75, 3.05) is 13.1 Å². The highest BCUT2D eigenvalue weighted by Gasteiger charge is 2.39. The molecule has 14 heavy (non-hydrogen) atoms. The summed E-state index contributed by atoms with van der Waals surface area (Å²) < 4.78 is 0. The molecule has 80 valence electrons. The normalized spacial score (nSPS) is 32.0. The zero-order valence-corrected chi connectivity index (χ0v) is 8.75. The van der Waals surface area contributed by atoms with Crippen LogP contribution in [-0.2, 0) is 0 Å². The zero-order valence-electron chi connectivity index (χ0n) is 8.75. The molecule has 2 amide bonds. The van der Waals surface area contributed by atoms with Gasteiger partial charge in [-0.3, -0.25) is 0 Å². The van der Waals surface area contributed by atoms with Gasteiger partial charge in [0.2, 0.25) is 0 Å². The van der Waals surface area contributed by atoms with Gasteiger partial charge < -0.3 is 16.0 Å². The maximum atomic E-state index is 11.8. The highest BCUT2D eigenvalue weighted by atomic mass is 16.2. The van der Waals surface area contributed by atoms with Crippen molar-refractivity contribution in [2.24, 2.45) is 5.73 Å². The van der Waals surface area contributed by atoms with E-state index in [1.807, 2.05) is 4.90 Å². The van der Waals surface area contributed by atoms with E-state index in [4.69, 9.17) is 5.73 Å². The zero-order chi connectivity index (χ0) is 10.2. The maximum Gasteiger partial charge on any atom is 0.318 e. The first-order valence-corrected chi connectivity index (χ1v) is 5.44. The molecule has 2 aliphatic rings. The second-order valence-electron chi connectivity index (χ2n) is 4.68. The molecule has 1 atom stereocenters. The Hall–Kier alpha value is -0.770. The van der Waals surface area contributed by atoms with Gasteiger partial charge in [0.1, 0.15) is 0 Å². The van der Waals surface area contributed by atoms with Crippen LogP contribution < -0.4 is 11.1 Å². The average Bonchev–Trinajstić information content (AvgIpc) is 2.88. The molecule has 1 unspecified atom stereocenters. The van der Waals surface area contributed by atoms with Crippen LogP contribution in [0.2, 0.25) is 0 Å². The van der Waals surface area contributed by atoms with E-state index < -0.39 is 0 Å². The molecule has 2 fully saturated rings. The predicted octanol–water partition coefficient (Wildman–Crippen LogP) is 0.672. The third-order valence-corrected chi connectivity index (χ3v) is 3.34. The Morgan fingerprint density at radius 1 is 1.64 bits per heavy atom. The molecule has 0 aromatic carbocycles. The fourth-order valence-electron chi connectivity index (χ4n) is 2.06. The van der Waals surface area contributed by atoms with Gasteiger partial charge in [0.15, 0.2) is 0 Å². The number of carbonyl (C=O) groups is 1. The van der Waals surface area contributed by atoms with Crippen LogP contribution in [-0.4, -0.2) is 35.6 Å². The van der Waals surface area contributed by atoms with E-state index in [9.17, 15) is 4.79 Å². The number of likely N-dealkylation sites (tertiary alicyclic amines) is 1. The summed E-state index contributed by atoms with van der Waals surface area (Å²) >= 11 is 0. The van der Waals surface area contributed by atoms with Gasteiger partial charge in [0, 0.05) is 19.1 Å². The van der Waals surface area contributed by atoms with E-state index in [0.717, 1.165) is 32.2 Å². The number of nitrogens with one attached hydrogen (secondary N) is 1. The number of carbonyl (C=O) groups excluding carboxylic acids is 1. The fourth-order valence-corrected chi connectivity index (χ4v) is 2.06. The van der Waals surface area contributed by atoms with Crippen LogP contribution in [0.25, 0.3) is 0 Å². The number of nitrogens with two attached hydrogens (primary N) is 1. The third kappa shape index (κ3) is 1.71. The summed E-state index contributed by atoms with van der Waals surface area (Å²) in [6.45, 7) is 3.49. The molecular formula is C10H19N3O. The van der Waals surface area contributed by atoms with Gasteiger partial charge in [-0.05, 0) is 32.6 Å². The first-order valence-electron chi connectivity index (χ1n) is 5.44. The van der Waals surface area contributed by atoms with Crippen LogP contribution >= 0.6 is 0 Å². The van der Waals surface area contributed by atoms with E-state index in [-0.39, 0.29) is 11.6 Å². The molecule has 1 saturated heterocycles. The van der Waals surface area contributed by atoms with Crippen molar-refractivity contribution in [3.05, 3.63) is 0 Å².